The van der Waals surface area contributed by atoms with E-state index >= 15 is 0 Å². The summed E-state index contributed by atoms with van der Waals surface area (Å²) in [5.41, 5.74) is -0.248. The highest BCUT2D eigenvalue weighted by atomic mass is 32.1. The number of pyridine rings is 1. The van der Waals surface area contributed by atoms with Crippen LogP contribution in [0.1, 0.15) is 18.9 Å². The number of aromatic nitrogens is 1. The number of rotatable bonds is 5. The molecule has 1 saturated heterocycles. The highest BCUT2D eigenvalue weighted by molar-refractivity contribution is 7.08. The van der Waals surface area contributed by atoms with Gasteiger partial charge in [-0.25, -0.2) is 9.78 Å². The zero-order valence-electron chi connectivity index (χ0n) is 13.6. The third-order valence-corrected chi connectivity index (χ3v) is 4.92. The van der Waals surface area contributed by atoms with Crippen molar-refractivity contribution in [3.8, 4) is 0 Å². The SMILES string of the molecule is CC(O)(CNC(=O)NC1CCN(c2ccccn2)C1)c1ccsc1. The molecule has 3 N–H and O–H groups in total. The van der Waals surface area contributed by atoms with Crippen molar-refractivity contribution >= 4 is 23.2 Å². The number of aliphatic hydroxyl groups is 1. The van der Waals surface area contributed by atoms with Crippen LogP contribution in [0.5, 0.6) is 0 Å². The van der Waals surface area contributed by atoms with E-state index < -0.39 is 5.60 Å². The predicted molar refractivity (Wildman–Crippen MR) is 95.3 cm³/mol. The molecule has 1 fully saturated rings. The van der Waals surface area contributed by atoms with Crippen LogP contribution in [0.2, 0.25) is 0 Å². The van der Waals surface area contributed by atoms with E-state index in [1.54, 1.807) is 13.1 Å². The van der Waals surface area contributed by atoms with Gasteiger partial charge in [-0.2, -0.15) is 11.3 Å². The average Bonchev–Trinajstić information content (AvgIpc) is 3.26. The van der Waals surface area contributed by atoms with Gasteiger partial charge in [-0.3, -0.25) is 0 Å². The predicted octanol–water partition coefficient (Wildman–Crippen LogP) is 1.93. The van der Waals surface area contributed by atoms with E-state index in [2.05, 4.69) is 20.5 Å². The Labute approximate surface area is 145 Å². The van der Waals surface area contributed by atoms with Crippen LogP contribution in [-0.2, 0) is 5.60 Å². The molecule has 2 amide bonds. The molecule has 0 spiro atoms. The van der Waals surface area contributed by atoms with Crippen LogP contribution in [0.25, 0.3) is 0 Å². The normalized spacial score (nSPS) is 19.8. The summed E-state index contributed by atoms with van der Waals surface area (Å²) in [6, 6.07) is 7.52. The molecular formula is C17H22N4O2S. The first-order valence-electron chi connectivity index (χ1n) is 8.00. The number of thiophene rings is 1. The van der Waals surface area contributed by atoms with Crippen LogP contribution in [0, 0.1) is 0 Å². The molecule has 2 unspecified atom stereocenters. The van der Waals surface area contributed by atoms with Crippen LogP contribution < -0.4 is 15.5 Å². The van der Waals surface area contributed by atoms with E-state index in [4.69, 9.17) is 0 Å². The summed E-state index contributed by atoms with van der Waals surface area (Å²) >= 11 is 1.53. The van der Waals surface area contributed by atoms with E-state index in [0.717, 1.165) is 30.9 Å². The number of anilines is 1. The number of amides is 2. The van der Waals surface area contributed by atoms with Crippen molar-refractivity contribution in [2.24, 2.45) is 0 Å². The Morgan fingerprint density at radius 3 is 3.08 bits per heavy atom. The maximum atomic E-state index is 12.1. The van der Waals surface area contributed by atoms with Gasteiger partial charge in [0.15, 0.2) is 0 Å². The number of hydrogen-bond donors (Lipinski definition) is 3. The van der Waals surface area contributed by atoms with Crippen LogP contribution in [0.4, 0.5) is 10.6 Å². The standard InChI is InChI=1S/C17H22N4O2S/c1-17(23,13-6-9-24-11-13)12-19-16(22)20-14-5-8-21(10-14)15-4-2-3-7-18-15/h2-4,6-7,9,11,14,23H,5,8,10,12H2,1H3,(H2,19,20,22). The minimum atomic E-state index is -1.06. The van der Waals surface area contributed by atoms with Gasteiger partial charge >= 0.3 is 6.03 Å². The molecule has 2 aromatic heterocycles. The molecule has 128 valence electrons. The van der Waals surface area contributed by atoms with Crippen LogP contribution in [0.15, 0.2) is 41.2 Å². The van der Waals surface area contributed by atoms with E-state index in [-0.39, 0.29) is 18.6 Å². The Hall–Kier alpha value is -2.12. The molecule has 2 aromatic rings. The zero-order valence-corrected chi connectivity index (χ0v) is 14.4. The van der Waals surface area contributed by atoms with Crippen molar-refractivity contribution in [3.63, 3.8) is 0 Å². The molecule has 3 heterocycles. The van der Waals surface area contributed by atoms with Gasteiger partial charge in [-0.15, -0.1) is 0 Å². The summed E-state index contributed by atoms with van der Waals surface area (Å²) in [7, 11) is 0. The Balaban J connectivity index is 1.46. The first-order valence-corrected chi connectivity index (χ1v) is 8.94. The molecule has 0 radical (unpaired) electrons. The molecular weight excluding hydrogens is 324 g/mol. The second kappa shape index (κ2) is 7.19. The van der Waals surface area contributed by atoms with Crippen LogP contribution >= 0.6 is 11.3 Å². The Morgan fingerprint density at radius 2 is 2.38 bits per heavy atom. The monoisotopic (exact) mass is 346 g/mol. The van der Waals surface area contributed by atoms with Crippen molar-refractivity contribution in [2.45, 2.75) is 25.0 Å². The molecule has 0 aliphatic carbocycles. The minimum Gasteiger partial charge on any atom is -0.384 e. The lowest BCUT2D eigenvalue weighted by molar-refractivity contribution is 0.0597. The Bertz CT molecular complexity index is 660. The zero-order chi connectivity index (χ0) is 17.0. The largest absolute Gasteiger partial charge is 0.384 e. The van der Waals surface area contributed by atoms with Crippen LogP contribution in [0.3, 0.4) is 0 Å². The summed E-state index contributed by atoms with van der Waals surface area (Å²) < 4.78 is 0. The van der Waals surface area contributed by atoms with Gasteiger partial charge in [0.25, 0.3) is 0 Å². The highest BCUT2D eigenvalue weighted by Gasteiger charge is 2.27. The Kier molecular flexibility index (Phi) is 5.01. The summed E-state index contributed by atoms with van der Waals surface area (Å²) in [6.07, 6.45) is 2.65. The third kappa shape index (κ3) is 4.04. The van der Waals surface area contributed by atoms with Gasteiger partial charge < -0.3 is 20.6 Å². The quantitative estimate of drug-likeness (QED) is 0.773. The van der Waals surface area contributed by atoms with Crippen molar-refractivity contribution in [3.05, 3.63) is 46.8 Å². The fraction of sp³-hybridized carbons (Fsp3) is 0.412. The summed E-state index contributed by atoms with van der Waals surface area (Å²) in [5.74, 6) is 0.933. The number of urea groups is 1. The molecule has 24 heavy (non-hydrogen) atoms. The molecule has 6 nitrogen and oxygen atoms in total. The molecule has 3 rings (SSSR count). The number of hydrogen-bond acceptors (Lipinski definition) is 5. The fourth-order valence-electron chi connectivity index (χ4n) is 2.79. The second-order valence-electron chi connectivity index (χ2n) is 6.23. The first kappa shape index (κ1) is 16.7. The van der Waals surface area contributed by atoms with Crippen molar-refractivity contribution in [1.29, 1.82) is 0 Å². The van der Waals surface area contributed by atoms with Crippen LogP contribution in [-0.4, -0.2) is 41.8 Å². The topological polar surface area (TPSA) is 77.5 Å². The van der Waals surface area contributed by atoms with Gasteiger partial charge in [-0.1, -0.05) is 6.07 Å². The molecule has 0 aromatic carbocycles. The van der Waals surface area contributed by atoms with Crippen molar-refractivity contribution in [1.82, 2.24) is 15.6 Å². The van der Waals surface area contributed by atoms with Crippen molar-refractivity contribution < 1.29 is 9.90 Å². The lowest BCUT2D eigenvalue weighted by Gasteiger charge is -2.23. The Morgan fingerprint density at radius 1 is 1.50 bits per heavy atom. The van der Waals surface area contributed by atoms with Gasteiger partial charge in [-0.05, 0) is 47.9 Å². The number of carbonyl (C=O) groups is 1. The molecule has 1 aliphatic heterocycles. The molecule has 1 aliphatic rings. The minimum absolute atomic E-state index is 0.0816. The second-order valence-corrected chi connectivity index (χ2v) is 7.01. The summed E-state index contributed by atoms with van der Waals surface area (Å²) in [6.45, 7) is 3.49. The molecule has 0 saturated carbocycles. The van der Waals surface area contributed by atoms with Gasteiger partial charge in [0, 0.05) is 25.3 Å². The van der Waals surface area contributed by atoms with Gasteiger partial charge in [0.1, 0.15) is 11.4 Å². The lowest BCUT2D eigenvalue weighted by Crippen LogP contribution is -2.47. The third-order valence-electron chi connectivity index (χ3n) is 4.23. The maximum Gasteiger partial charge on any atom is 0.315 e. The van der Waals surface area contributed by atoms with E-state index in [1.807, 2.05) is 35.0 Å². The average molecular weight is 346 g/mol. The van der Waals surface area contributed by atoms with Gasteiger partial charge in [0.2, 0.25) is 0 Å². The highest BCUT2D eigenvalue weighted by Crippen LogP contribution is 2.22. The first-order chi connectivity index (χ1) is 11.5. The molecule has 0 bridgehead atoms. The molecule has 2 atom stereocenters. The van der Waals surface area contributed by atoms with Gasteiger partial charge in [0.05, 0.1) is 6.54 Å². The smallest absolute Gasteiger partial charge is 0.315 e. The summed E-state index contributed by atoms with van der Waals surface area (Å²) in [5, 5.41) is 20.0. The van der Waals surface area contributed by atoms with E-state index in [9.17, 15) is 9.90 Å². The number of nitrogens with zero attached hydrogens (tertiary/aromatic N) is 2. The van der Waals surface area contributed by atoms with E-state index in [1.165, 1.54) is 11.3 Å². The lowest BCUT2D eigenvalue weighted by atomic mass is 9.99. The molecule has 7 heteroatoms. The van der Waals surface area contributed by atoms with Crippen molar-refractivity contribution in [2.75, 3.05) is 24.5 Å². The number of carbonyl (C=O) groups excluding carboxylic acids is 1. The number of nitrogens with one attached hydrogen (secondary N) is 2. The maximum absolute atomic E-state index is 12.1. The fourth-order valence-corrected chi connectivity index (χ4v) is 3.57. The van der Waals surface area contributed by atoms with E-state index in [0.29, 0.717) is 0 Å². The summed E-state index contributed by atoms with van der Waals surface area (Å²) in [4.78, 5) is 18.6.